The minimum absolute atomic E-state index is 0.00116. The fourth-order valence-corrected chi connectivity index (χ4v) is 1.99. The van der Waals surface area contributed by atoms with Crippen molar-refractivity contribution in [2.75, 3.05) is 14.2 Å². The molecular weight excluding hydrogens is 298 g/mol. The van der Waals surface area contributed by atoms with Crippen molar-refractivity contribution >= 4 is 5.97 Å². The van der Waals surface area contributed by atoms with Gasteiger partial charge in [0, 0.05) is 6.20 Å². The average Bonchev–Trinajstić information content (AvgIpc) is 2.55. The Hall–Kier alpha value is -1.94. The Bertz CT molecular complexity index is 525. The highest BCUT2D eigenvalue weighted by Gasteiger charge is 2.48. The second-order valence-electron chi connectivity index (χ2n) is 4.55. The van der Waals surface area contributed by atoms with E-state index in [1.807, 2.05) is 0 Å². The van der Waals surface area contributed by atoms with E-state index < -0.39 is 36.7 Å². The van der Waals surface area contributed by atoms with Gasteiger partial charge >= 0.3 is 5.97 Å². The first-order chi connectivity index (χ1) is 10.5. The van der Waals surface area contributed by atoms with E-state index in [0.29, 0.717) is 0 Å². The first-order valence-corrected chi connectivity index (χ1v) is 6.42. The van der Waals surface area contributed by atoms with E-state index >= 15 is 0 Å². The highest BCUT2D eigenvalue weighted by Crippen LogP contribution is 2.28. The molecule has 1 fully saturated rings. The van der Waals surface area contributed by atoms with Crippen LogP contribution in [0.15, 0.2) is 18.3 Å². The molecule has 0 aromatic carbocycles. The largest absolute Gasteiger partial charge is 0.491 e. The molecule has 1 saturated heterocycles. The van der Waals surface area contributed by atoms with Crippen LogP contribution in [0.25, 0.3) is 0 Å². The van der Waals surface area contributed by atoms with E-state index in [4.69, 9.17) is 14.2 Å². The smallest absolute Gasteiger partial charge is 0.337 e. The highest BCUT2D eigenvalue weighted by molar-refractivity contribution is 5.75. The maximum absolute atomic E-state index is 11.6. The van der Waals surface area contributed by atoms with E-state index in [1.165, 1.54) is 13.3 Å². The molecule has 9 nitrogen and oxygen atoms in total. The van der Waals surface area contributed by atoms with Gasteiger partial charge in [0.25, 0.3) is 5.88 Å². The number of ether oxygens (including phenoxy) is 4. The summed E-state index contributed by atoms with van der Waals surface area (Å²) in [5.41, 5.74) is 0. The molecule has 0 aliphatic carbocycles. The third-order valence-corrected chi connectivity index (χ3v) is 3.19. The summed E-state index contributed by atoms with van der Waals surface area (Å²) in [6, 6.07) is 3.18. The van der Waals surface area contributed by atoms with Crippen LogP contribution in [-0.4, -0.2) is 71.2 Å². The maximum atomic E-state index is 11.6. The fraction of sp³-hybridized carbons (Fsp3) is 0.538. The van der Waals surface area contributed by atoms with Crippen LogP contribution >= 0.6 is 0 Å². The van der Waals surface area contributed by atoms with Gasteiger partial charge in [-0.1, -0.05) is 0 Å². The predicted octanol–water partition coefficient (Wildman–Crippen LogP) is -1.55. The molecule has 0 saturated carbocycles. The quantitative estimate of drug-likeness (QED) is 0.566. The van der Waals surface area contributed by atoms with Gasteiger partial charge < -0.3 is 34.3 Å². The minimum atomic E-state index is -1.66. The molecule has 1 aliphatic heterocycles. The number of aliphatic hydroxyl groups is 3. The molecular formula is C13H17NO8. The normalized spacial score (nSPS) is 31.4. The standard InChI is InChI=1S/C13H17NO8/c1-19-6-4-3-5-14-11(6)22-13-9(17)7(15)8(16)10(21-13)12(18)20-2/h3-5,7-10,13,15-17H,1-2H3/t7-,8+,9+,10-,13-/m0/s1. The number of rotatable bonds is 4. The summed E-state index contributed by atoms with van der Waals surface area (Å²) in [6.07, 6.45) is -6.40. The van der Waals surface area contributed by atoms with Crippen LogP contribution in [0.5, 0.6) is 11.6 Å². The van der Waals surface area contributed by atoms with Gasteiger partial charge in [0.2, 0.25) is 6.29 Å². The van der Waals surface area contributed by atoms with Crippen molar-refractivity contribution < 1.29 is 39.1 Å². The van der Waals surface area contributed by atoms with E-state index in [9.17, 15) is 20.1 Å². The molecule has 1 aromatic rings. The first kappa shape index (κ1) is 16.4. The number of nitrogens with zero attached hydrogens (tertiary/aromatic N) is 1. The molecule has 22 heavy (non-hydrogen) atoms. The van der Waals surface area contributed by atoms with E-state index in [-0.39, 0.29) is 11.6 Å². The molecule has 0 amide bonds. The van der Waals surface area contributed by atoms with Crippen LogP contribution < -0.4 is 9.47 Å². The Balaban J connectivity index is 2.20. The van der Waals surface area contributed by atoms with Crippen molar-refractivity contribution in [1.29, 1.82) is 0 Å². The van der Waals surface area contributed by atoms with Crippen molar-refractivity contribution in [1.82, 2.24) is 4.98 Å². The molecule has 0 bridgehead atoms. The second-order valence-corrected chi connectivity index (χ2v) is 4.55. The van der Waals surface area contributed by atoms with Crippen LogP contribution in [-0.2, 0) is 14.3 Å². The number of aliphatic hydroxyl groups excluding tert-OH is 3. The fourth-order valence-electron chi connectivity index (χ4n) is 1.99. The van der Waals surface area contributed by atoms with Crippen molar-refractivity contribution in [2.24, 2.45) is 0 Å². The van der Waals surface area contributed by atoms with Gasteiger partial charge in [-0.25, -0.2) is 9.78 Å². The Kier molecular flexibility index (Phi) is 5.14. The number of carbonyl (C=O) groups excluding carboxylic acids is 1. The highest BCUT2D eigenvalue weighted by atomic mass is 16.7. The summed E-state index contributed by atoms with van der Waals surface area (Å²) in [4.78, 5) is 15.5. The van der Waals surface area contributed by atoms with Gasteiger partial charge in [-0.2, -0.15) is 0 Å². The van der Waals surface area contributed by atoms with Crippen LogP contribution in [0.2, 0.25) is 0 Å². The second kappa shape index (κ2) is 6.88. The molecule has 0 unspecified atom stereocenters. The van der Waals surface area contributed by atoms with Crippen LogP contribution in [0.4, 0.5) is 0 Å². The lowest BCUT2D eigenvalue weighted by Crippen LogP contribution is -2.61. The number of esters is 1. The van der Waals surface area contributed by atoms with Crippen molar-refractivity contribution in [3.8, 4) is 11.6 Å². The molecule has 0 radical (unpaired) electrons. The summed E-state index contributed by atoms with van der Waals surface area (Å²) in [5, 5.41) is 29.5. The zero-order valence-electron chi connectivity index (χ0n) is 11.9. The zero-order valence-corrected chi connectivity index (χ0v) is 11.9. The summed E-state index contributed by atoms with van der Waals surface area (Å²) in [6.45, 7) is 0. The number of aromatic nitrogens is 1. The molecule has 5 atom stereocenters. The van der Waals surface area contributed by atoms with Crippen LogP contribution in [0, 0.1) is 0 Å². The molecule has 3 N–H and O–H groups in total. The number of pyridine rings is 1. The van der Waals surface area contributed by atoms with Gasteiger partial charge in [0.05, 0.1) is 14.2 Å². The number of hydrogen-bond donors (Lipinski definition) is 3. The lowest BCUT2D eigenvalue weighted by molar-refractivity contribution is -0.272. The first-order valence-electron chi connectivity index (χ1n) is 6.42. The number of hydrogen-bond acceptors (Lipinski definition) is 9. The van der Waals surface area contributed by atoms with Gasteiger partial charge in [-0.15, -0.1) is 0 Å². The molecule has 1 aliphatic rings. The lowest BCUT2D eigenvalue weighted by atomic mass is 9.99. The summed E-state index contributed by atoms with van der Waals surface area (Å²) >= 11 is 0. The Morgan fingerprint density at radius 2 is 1.95 bits per heavy atom. The molecule has 2 heterocycles. The van der Waals surface area contributed by atoms with E-state index in [2.05, 4.69) is 9.72 Å². The van der Waals surface area contributed by atoms with Crippen molar-refractivity contribution in [2.45, 2.75) is 30.7 Å². The van der Waals surface area contributed by atoms with E-state index in [0.717, 1.165) is 7.11 Å². The molecule has 9 heteroatoms. The summed E-state index contributed by atoms with van der Waals surface area (Å²) < 4.78 is 20.0. The number of carbonyl (C=O) groups is 1. The van der Waals surface area contributed by atoms with Crippen molar-refractivity contribution in [3.05, 3.63) is 18.3 Å². The lowest BCUT2D eigenvalue weighted by Gasteiger charge is -2.38. The Morgan fingerprint density at radius 1 is 1.23 bits per heavy atom. The third kappa shape index (κ3) is 3.12. The minimum Gasteiger partial charge on any atom is -0.491 e. The monoisotopic (exact) mass is 315 g/mol. The van der Waals surface area contributed by atoms with Gasteiger partial charge in [0.1, 0.15) is 18.3 Å². The SMILES string of the molecule is COC(=O)[C@H]1O[C@@H](Oc2ncccc2OC)[C@H](O)[C@@H](O)[C@H]1O. The van der Waals surface area contributed by atoms with Crippen LogP contribution in [0.3, 0.4) is 0 Å². The topological polar surface area (TPSA) is 128 Å². The summed E-state index contributed by atoms with van der Waals surface area (Å²) in [5.74, 6) is -0.630. The van der Waals surface area contributed by atoms with E-state index in [1.54, 1.807) is 12.1 Å². The van der Waals surface area contributed by atoms with Crippen molar-refractivity contribution in [3.63, 3.8) is 0 Å². The third-order valence-electron chi connectivity index (χ3n) is 3.19. The molecule has 0 spiro atoms. The number of methoxy groups -OCH3 is 2. The zero-order chi connectivity index (χ0) is 16.3. The molecule has 122 valence electrons. The Labute approximate surface area is 126 Å². The van der Waals surface area contributed by atoms with Crippen LogP contribution in [0.1, 0.15) is 0 Å². The predicted molar refractivity (Wildman–Crippen MR) is 70.1 cm³/mol. The summed E-state index contributed by atoms with van der Waals surface area (Å²) in [7, 11) is 2.51. The average molecular weight is 315 g/mol. The Morgan fingerprint density at radius 3 is 2.59 bits per heavy atom. The van der Waals surface area contributed by atoms with Gasteiger partial charge in [0.15, 0.2) is 11.9 Å². The van der Waals surface area contributed by atoms with Gasteiger partial charge in [-0.3, -0.25) is 0 Å². The maximum Gasteiger partial charge on any atom is 0.337 e. The molecule has 2 rings (SSSR count). The van der Waals surface area contributed by atoms with Gasteiger partial charge in [-0.05, 0) is 12.1 Å². The molecule has 1 aromatic heterocycles.